The Kier molecular flexibility index (Phi) is 4.89. The van der Waals surface area contributed by atoms with Crippen LogP contribution in [0.1, 0.15) is 12.2 Å². The third-order valence-corrected chi connectivity index (χ3v) is 5.15. The van der Waals surface area contributed by atoms with Crippen LogP contribution < -0.4 is 4.74 Å². The van der Waals surface area contributed by atoms with Crippen molar-refractivity contribution in [3.05, 3.63) is 72.6 Å². The molecule has 0 saturated heterocycles. The molecule has 1 aromatic heterocycles. The molecular weight excluding hydrogens is 328 g/mol. The highest BCUT2D eigenvalue weighted by Gasteiger charge is 2.02. The first kappa shape index (κ1) is 16.0. The van der Waals surface area contributed by atoms with Crippen molar-refractivity contribution >= 4 is 33.6 Å². The number of H-pyrrole nitrogens is 1. The Balaban J connectivity index is 1.21. The Morgan fingerprint density at radius 1 is 0.920 bits per heavy atom. The fourth-order valence-electron chi connectivity index (χ4n) is 2.85. The highest BCUT2D eigenvalue weighted by atomic mass is 32.2. The molecule has 0 atom stereocenters. The van der Waals surface area contributed by atoms with E-state index in [2.05, 4.69) is 52.4 Å². The minimum Gasteiger partial charge on any atom is -0.494 e. The largest absolute Gasteiger partial charge is 0.494 e. The monoisotopic (exact) mass is 348 g/mol. The van der Waals surface area contributed by atoms with Crippen LogP contribution in [0.2, 0.25) is 0 Å². The van der Waals surface area contributed by atoms with Crippen LogP contribution in [0.3, 0.4) is 0 Å². The highest BCUT2D eigenvalue weighted by molar-refractivity contribution is 7.98. The number of imidazole rings is 1. The van der Waals surface area contributed by atoms with Gasteiger partial charge in [0.2, 0.25) is 0 Å². The van der Waals surface area contributed by atoms with Gasteiger partial charge in [0.15, 0.2) is 0 Å². The van der Waals surface area contributed by atoms with E-state index in [-0.39, 0.29) is 0 Å². The number of nitrogens with one attached hydrogen (secondary N) is 1. The molecule has 0 fully saturated rings. The van der Waals surface area contributed by atoms with Crippen molar-refractivity contribution in [1.82, 2.24) is 9.97 Å². The summed E-state index contributed by atoms with van der Waals surface area (Å²) in [6, 6.07) is 22.8. The molecule has 4 heteroatoms. The second kappa shape index (κ2) is 7.62. The zero-order valence-electron chi connectivity index (χ0n) is 13.9. The number of benzene rings is 3. The number of fused-ring (bicyclic) bond motifs is 2. The molecule has 126 valence electrons. The fraction of sp³-hybridized carbons (Fsp3) is 0.190. The predicted molar refractivity (Wildman–Crippen MR) is 106 cm³/mol. The van der Waals surface area contributed by atoms with Gasteiger partial charge in [-0.2, -0.15) is 11.8 Å². The summed E-state index contributed by atoms with van der Waals surface area (Å²) in [7, 11) is 0. The van der Waals surface area contributed by atoms with E-state index in [0.717, 1.165) is 47.1 Å². The molecule has 0 bridgehead atoms. The van der Waals surface area contributed by atoms with Crippen LogP contribution in [0.5, 0.6) is 5.75 Å². The zero-order chi connectivity index (χ0) is 16.9. The van der Waals surface area contributed by atoms with Crippen LogP contribution in [0, 0.1) is 0 Å². The number of aromatic amines is 1. The molecule has 4 aromatic rings. The minimum absolute atomic E-state index is 0.742. The first-order chi connectivity index (χ1) is 12.4. The van der Waals surface area contributed by atoms with Crippen LogP contribution in [0.4, 0.5) is 0 Å². The van der Waals surface area contributed by atoms with E-state index in [9.17, 15) is 0 Å². The summed E-state index contributed by atoms with van der Waals surface area (Å²) in [4.78, 5) is 7.97. The SMILES string of the molecule is c1ccc2cc(OCCCSCc3nc4ccccc4[nH]3)ccc2c1. The lowest BCUT2D eigenvalue weighted by molar-refractivity contribution is 0.319. The Bertz CT molecular complexity index is 947. The number of rotatable bonds is 7. The third kappa shape index (κ3) is 3.97. The predicted octanol–water partition coefficient (Wildman–Crippen LogP) is 5.42. The van der Waals surface area contributed by atoms with E-state index < -0.39 is 0 Å². The van der Waals surface area contributed by atoms with Crippen LogP contribution in [-0.2, 0) is 5.75 Å². The van der Waals surface area contributed by atoms with Crippen molar-refractivity contribution in [2.45, 2.75) is 12.2 Å². The number of nitrogens with zero attached hydrogens (tertiary/aromatic N) is 1. The molecule has 0 unspecified atom stereocenters. The number of aromatic nitrogens is 2. The zero-order valence-corrected chi connectivity index (χ0v) is 14.8. The molecule has 0 aliphatic heterocycles. The van der Waals surface area contributed by atoms with Crippen LogP contribution in [0.15, 0.2) is 66.7 Å². The quantitative estimate of drug-likeness (QED) is 0.453. The van der Waals surface area contributed by atoms with Gasteiger partial charge in [-0.15, -0.1) is 0 Å². The Morgan fingerprint density at radius 3 is 2.68 bits per heavy atom. The van der Waals surface area contributed by atoms with Crippen LogP contribution in [-0.4, -0.2) is 22.3 Å². The lowest BCUT2D eigenvalue weighted by Crippen LogP contribution is -1.99. The van der Waals surface area contributed by atoms with Crippen molar-refractivity contribution in [1.29, 1.82) is 0 Å². The average Bonchev–Trinajstić information content (AvgIpc) is 3.07. The van der Waals surface area contributed by atoms with E-state index in [1.807, 2.05) is 36.0 Å². The summed E-state index contributed by atoms with van der Waals surface area (Å²) in [6.45, 7) is 0.742. The van der Waals surface area contributed by atoms with Gasteiger partial charge in [0, 0.05) is 0 Å². The maximum Gasteiger partial charge on any atom is 0.119 e. The lowest BCUT2D eigenvalue weighted by Gasteiger charge is -2.07. The van der Waals surface area contributed by atoms with Crippen molar-refractivity contribution in [2.75, 3.05) is 12.4 Å². The molecule has 0 aliphatic rings. The van der Waals surface area contributed by atoms with E-state index in [4.69, 9.17) is 4.74 Å². The molecule has 0 aliphatic carbocycles. The second-order valence-corrected chi connectivity index (χ2v) is 7.07. The van der Waals surface area contributed by atoms with Gasteiger partial charge in [-0.3, -0.25) is 0 Å². The van der Waals surface area contributed by atoms with Gasteiger partial charge in [0.05, 0.1) is 23.4 Å². The first-order valence-corrected chi connectivity index (χ1v) is 9.67. The summed E-state index contributed by atoms with van der Waals surface area (Å²) < 4.78 is 5.88. The number of thioether (sulfide) groups is 1. The second-order valence-electron chi connectivity index (χ2n) is 5.96. The Hall–Kier alpha value is -2.46. The topological polar surface area (TPSA) is 37.9 Å². The van der Waals surface area contributed by atoms with E-state index >= 15 is 0 Å². The molecule has 1 heterocycles. The normalized spacial score (nSPS) is 11.2. The Labute approximate surface area is 151 Å². The molecular formula is C21H20N2OS. The van der Waals surface area contributed by atoms with Crippen molar-refractivity contribution in [3.8, 4) is 5.75 Å². The van der Waals surface area contributed by atoms with E-state index in [1.165, 1.54) is 10.8 Å². The van der Waals surface area contributed by atoms with Crippen molar-refractivity contribution < 1.29 is 4.74 Å². The van der Waals surface area contributed by atoms with E-state index in [1.54, 1.807) is 0 Å². The lowest BCUT2D eigenvalue weighted by atomic mass is 10.1. The minimum atomic E-state index is 0.742. The summed E-state index contributed by atoms with van der Waals surface area (Å²) in [5.41, 5.74) is 2.15. The van der Waals surface area contributed by atoms with Gasteiger partial charge in [-0.05, 0) is 47.2 Å². The van der Waals surface area contributed by atoms with Crippen LogP contribution in [0.25, 0.3) is 21.8 Å². The maximum atomic E-state index is 5.88. The molecule has 3 nitrogen and oxygen atoms in total. The summed E-state index contributed by atoms with van der Waals surface area (Å²) in [5.74, 6) is 3.96. The standard InChI is InChI=1S/C21H20N2OS/c1-2-7-17-14-18(11-10-16(17)6-1)24-12-5-13-25-15-21-22-19-8-3-4-9-20(19)23-21/h1-4,6-11,14H,5,12-13,15H2,(H,22,23). The summed E-state index contributed by atoms with van der Waals surface area (Å²) in [5, 5.41) is 2.47. The van der Waals surface area contributed by atoms with Gasteiger partial charge in [-0.1, -0.05) is 42.5 Å². The van der Waals surface area contributed by atoms with Gasteiger partial charge in [-0.25, -0.2) is 4.98 Å². The molecule has 0 amide bonds. The van der Waals surface area contributed by atoms with Crippen molar-refractivity contribution in [2.24, 2.45) is 0 Å². The van der Waals surface area contributed by atoms with Crippen molar-refractivity contribution in [3.63, 3.8) is 0 Å². The van der Waals surface area contributed by atoms with Gasteiger partial charge < -0.3 is 9.72 Å². The van der Waals surface area contributed by atoms with Gasteiger partial charge in [0.25, 0.3) is 0 Å². The van der Waals surface area contributed by atoms with Gasteiger partial charge in [0.1, 0.15) is 11.6 Å². The molecule has 1 N–H and O–H groups in total. The van der Waals surface area contributed by atoms with E-state index in [0.29, 0.717) is 0 Å². The maximum absolute atomic E-state index is 5.88. The first-order valence-electron chi connectivity index (χ1n) is 8.51. The summed E-state index contributed by atoms with van der Waals surface area (Å²) in [6.07, 6.45) is 1.03. The highest BCUT2D eigenvalue weighted by Crippen LogP contribution is 2.21. The number of para-hydroxylation sites is 2. The molecule has 4 rings (SSSR count). The molecule has 0 saturated carbocycles. The molecule has 0 spiro atoms. The average molecular weight is 348 g/mol. The third-order valence-electron chi connectivity index (χ3n) is 4.10. The molecule has 0 radical (unpaired) electrons. The number of hydrogen-bond acceptors (Lipinski definition) is 3. The fourth-order valence-corrected chi connectivity index (χ4v) is 3.65. The number of ether oxygens (including phenoxy) is 1. The molecule has 3 aromatic carbocycles. The van der Waals surface area contributed by atoms with Gasteiger partial charge >= 0.3 is 0 Å². The number of hydrogen-bond donors (Lipinski definition) is 1. The smallest absolute Gasteiger partial charge is 0.119 e. The van der Waals surface area contributed by atoms with Crippen LogP contribution >= 0.6 is 11.8 Å². The summed E-state index contributed by atoms with van der Waals surface area (Å²) >= 11 is 1.89. The Morgan fingerprint density at radius 2 is 1.76 bits per heavy atom. The molecule has 25 heavy (non-hydrogen) atoms.